The number of carbonyl (C=O) groups is 2. The quantitative estimate of drug-likeness (QED) is 0.717. The number of allylic oxidation sites excluding steroid dienone is 1. The average molecular weight is 420 g/mol. The zero-order chi connectivity index (χ0) is 20.3. The van der Waals surface area contributed by atoms with E-state index in [-0.39, 0.29) is 18.9 Å². The van der Waals surface area contributed by atoms with Gasteiger partial charge in [0, 0.05) is 18.0 Å². The first kappa shape index (κ1) is 20.2. The lowest BCUT2D eigenvalue weighted by atomic mass is 9.84. The Hall–Kier alpha value is -2.50. The van der Waals surface area contributed by atoms with E-state index in [2.05, 4.69) is 5.32 Å². The van der Waals surface area contributed by atoms with Crippen molar-refractivity contribution >= 4 is 35.1 Å². The van der Waals surface area contributed by atoms with Crippen LogP contribution in [-0.4, -0.2) is 19.0 Å². The van der Waals surface area contributed by atoms with Crippen molar-refractivity contribution in [2.45, 2.75) is 25.9 Å². The first-order chi connectivity index (χ1) is 13.4. The van der Waals surface area contributed by atoms with E-state index in [4.69, 9.17) is 32.7 Å². The number of amides is 1. The van der Waals surface area contributed by atoms with Crippen LogP contribution in [0.15, 0.2) is 53.7 Å². The van der Waals surface area contributed by atoms with E-state index in [0.29, 0.717) is 26.9 Å². The van der Waals surface area contributed by atoms with Crippen molar-refractivity contribution in [3.8, 4) is 5.75 Å². The second kappa shape index (κ2) is 8.67. The van der Waals surface area contributed by atoms with Gasteiger partial charge in [-0.15, -0.1) is 0 Å². The Morgan fingerprint density at radius 3 is 2.57 bits per heavy atom. The van der Waals surface area contributed by atoms with Crippen molar-refractivity contribution in [3.05, 3.63) is 74.9 Å². The van der Waals surface area contributed by atoms with Gasteiger partial charge in [0.1, 0.15) is 12.4 Å². The summed E-state index contributed by atoms with van der Waals surface area (Å²) in [5.41, 5.74) is 2.28. The molecule has 0 spiro atoms. The average Bonchev–Trinajstić information content (AvgIpc) is 2.68. The number of methoxy groups -OCH3 is 1. The minimum Gasteiger partial charge on any atom is -0.497 e. The minimum absolute atomic E-state index is 0.0877. The van der Waals surface area contributed by atoms with Gasteiger partial charge in [-0.25, -0.2) is 4.79 Å². The maximum Gasteiger partial charge on any atom is 0.336 e. The van der Waals surface area contributed by atoms with Gasteiger partial charge in [-0.1, -0.05) is 47.5 Å². The molecule has 0 aliphatic carbocycles. The van der Waals surface area contributed by atoms with Crippen molar-refractivity contribution in [2.24, 2.45) is 0 Å². The molecule has 0 fully saturated rings. The monoisotopic (exact) mass is 419 g/mol. The van der Waals surface area contributed by atoms with Gasteiger partial charge < -0.3 is 14.8 Å². The van der Waals surface area contributed by atoms with E-state index in [1.807, 2.05) is 12.1 Å². The molecule has 7 heteroatoms. The smallest absolute Gasteiger partial charge is 0.336 e. The zero-order valence-corrected chi connectivity index (χ0v) is 16.9. The Labute approximate surface area is 173 Å². The van der Waals surface area contributed by atoms with E-state index in [1.165, 1.54) is 0 Å². The van der Waals surface area contributed by atoms with E-state index >= 15 is 0 Å². The van der Waals surface area contributed by atoms with Crippen molar-refractivity contribution in [3.63, 3.8) is 0 Å². The van der Waals surface area contributed by atoms with E-state index in [9.17, 15) is 9.59 Å². The number of nitrogens with one attached hydrogen (secondary N) is 1. The normalized spacial score (nSPS) is 16.6. The lowest BCUT2D eigenvalue weighted by molar-refractivity contribution is -0.141. The molecule has 2 aromatic rings. The van der Waals surface area contributed by atoms with E-state index in [0.717, 1.165) is 11.3 Å². The van der Waals surface area contributed by atoms with Crippen LogP contribution in [0.1, 0.15) is 30.4 Å². The van der Waals surface area contributed by atoms with Gasteiger partial charge in [-0.3, -0.25) is 4.79 Å². The van der Waals surface area contributed by atoms with Gasteiger partial charge in [0.15, 0.2) is 0 Å². The number of benzene rings is 2. The van der Waals surface area contributed by atoms with Crippen LogP contribution in [-0.2, 0) is 20.9 Å². The van der Waals surface area contributed by atoms with Crippen LogP contribution in [0, 0.1) is 0 Å². The van der Waals surface area contributed by atoms with Gasteiger partial charge in [0.05, 0.1) is 22.7 Å². The summed E-state index contributed by atoms with van der Waals surface area (Å²) in [5, 5.41) is 3.40. The number of esters is 1. The van der Waals surface area contributed by atoms with Crippen molar-refractivity contribution < 1.29 is 19.1 Å². The molecule has 1 heterocycles. The fraction of sp³-hybridized carbons (Fsp3) is 0.238. The largest absolute Gasteiger partial charge is 0.497 e. The molecule has 0 saturated carbocycles. The standard InChI is InChI=1S/C21H19Cl2NO4/c1-12-19(21(26)28-11-13-6-8-14(27-2)9-7-13)16(10-18(25)24-12)15-4-3-5-17(22)20(15)23/h3-9,16H,10-11H2,1-2H3,(H,24,25)/t16-/m0/s1. The maximum absolute atomic E-state index is 12.9. The molecule has 1 N–H and O–H groups in total. The molecule has 1 aliphatic rings. The van der Waals surface area contributed by atoms with Crippen LogP contribution >= 0.6 is 23.2 Å². The number of rotatable bonds is 5. The van der Waals surface area contributed by atoms with Gasteiger partial charge >= 0.3 is 5.97 Å². The highest BCUT2D eigenvalue weighted by atomic mass is 35.5. The Morgan fingerprint density at radius 2 is 1.89 bits per heavy atom. The highest BCUT2D eigenvalue weighted by Gasteiger charge is 2.34. The molecule has 0 unspecified atom stereocenters. The predicted molar refractivity (Wildman–Crippen MR) is 107 cm³/mol. The summed E-state index contributed by atoms with van der Waals surface area (Å²) in [6.07, 6.45) is 0.0877. The third kappa shape index (κ3) is 4.32. The molecule has 3 rings (SSSR count). The fourth-order valence-electron chi connectivity index (χ4n) is 3.18. The lowest BCUT2D eigenvalue weighted by Gasteiger charge is -2.27. The molecule has 2 aromatic carbocycles. The molecule has 0 radical (unpaired) electrons. The number of hydrogen-bond donors (Lipinski definition) is 1. The van der Waals surface area contributed by atoms with Crippen LogP contribution in [0.5, 0.6) is 5.75 Å². The van der Waals surface area contributed by atoms with Crippen LogP contribution in [0.25, 0.3) is 0 Å². The SMILES string of the molecule is COc1ccc(COC(=O)C2=C(C)NC(=O)C[C@H]2c2cccc(Cl)c2Cl)cc1. The van der Waals surface area contributed by atoms with E-state index < -0.39 is 11.9 Å². The third-order valence-electron chi connectivity index (χ3n) is 4.57. The number of halogens is 2. The summed E-state index contributed by atoms with van der Waals surface area (Å²) in [5.74, 6) is -0.498. The summed E-state index contributed by atoms with van der Waals surface area (Å²) in [4.78, 5) is 24.9. The van der Waals surface area contributed by atoms with Gasteiger partial charge in [-0.2, -0.15) is 0 Å². The van der Waals surface area contributed by atoms with Crippen LogP contribution in [0.4, 0.5) is 0 Å². The molecular formula is C21H19Cl2NO4. The fourth-order valence-corrected chi connectivity index (χ4v) is 3.61. The highest BCUT2D eigenvalue weighted by Crippen LogP contribution is 2.39. The summed E-state index contributed by atoms with van der Waals surface area (Å²) in [6, 6.07) is 12.4. The van der Waals surface area contributed by atoms with Gasteiger partial charge in [0.25, 0.3) is 0 Å². The molecule has 5 nitrogen and oxygen atoms in total. The topological polar surface area (TPSA) is 64.6 Å². The molecule has 1 aliphatic heterocycles. The second-order valence-corrected chi connectivity index (χ2v) is 7.20. The lowest BCUT2D eigenvalue weighted by Crippen LogP contribution is -2.34. The van der Waals surface area contributed by atoms with Crippen LogP contribution in [0.3, 0.4) is 0 Å². The number of ether oxygens (including phenoxy) is 2. The Balaban J connectivity index is 1.85. The second-order valence-electron chi connectivity index (χ2n) is 6.41. The third-order valence-corrected chi connectivity index (χ3v) is 5.41. The van der Waals surface area contributed by atoms with Crippen molar-refractivity contribution in [2.75, 3.05) is 7.11 Å². The molecule has 28 heavy (non-hydrogen) atoms. The molecule has 146 valence electrons. The highest BCUT2D eigenvalue weighted by molar-refractivity contribution is 6.42. The molecule has 0 saturated heterocycles. The Morgan fingerprint density at radius 1 is 1.18 bits per heavy atom. The van der Waals surface area contributed by atoms with Gasteiger partial charge in [0.2, 0.25) is 5.91 Å². The van der Waals surface area contributed by atoms with Gasteiger partial charge in [-0.05, 0) is 36.2 Å². The summed E-state index contributed by atoms with van der Waals surface area (Å²) in [6.45, 7) is 1.77. The Bertz CT molecular complexity index is 938. The molecule has 1 amide bonds. The van der Waals surface area contributed by atoms with Crippen molar-refractivity contribution in [1.29, 1.82) is 0 Å². The predicted octanol–water partition coefficient (Wildman–Crippen LogP) is 4.62. The van der Waals surface area contributed by atoms with E-state index in [1.54, 1.807) is 44.4 Å². The minimum atomic E-state index is -0.525. The first-order valence-corrected chi connectivity index (χ1v) is 9.41. The molecule has 0 aromatic heterocycles. The molecular weight excluding hydrogens is 401 g/mol. The zero-order valence-electron chi connectivity index (χ0n) is 15.4. The summed E-state index contributed by atoms with van der Waals surface area (Å²) >= 11 is 12.5. The summed E-state index contributed by atoms with van der Waals surface area (Å²) in [7, 11) is 1.59. The number of carbonyl (C=O) groups excluding carboxylic acids is 2. The number of hydrogen-bond acceptors (Lipinski definition) is 4. The van der Waals surface area contributed by atoms with Crippen molar-refractivity contribution in [1.82, 2.24) is 5.32 Å². The Kier molecular flexibility index (Phi) is 6.27. The first-order valence-electron chi connectivity index (χ1n) is 8.65. The van der Waals surface area contributed by atoms with Crippen LogP contribution in [0.2, 0.25) is 10.0 Å². The molecule has 0 bridgehead atoms. The summed E-state index contributed by atoms with van der Waals surface area (Å²) < 4.78 is 10.6. The molecule has 1 atom stereocenters. The maximum atomic E-state index is 12.9. The van der Waals surface area contributed by atoms with Crippen LogP contribution < -0.4 is 10.1 Å².